The fraction of sp³-hybridized carbons (Fsp3) is 0.462. The summed E-state index contributed by atoms with van der Waals surface area (Å²) in [5.74, 6) is -0.577. The lowest BCUT2D eigenvalue weighted by molar-refractivity contribution is -0.121. The average molecular weight is 255 g/mol. The van der Waals surface area contributed by atoms with Gasteiger partial charge in [-0.2, -0.15) is 0 Å². The molecule has 18 heavy (non-hydrogen) atoms. The maximum atomic E-state index is 13.5. The molecule has 1 rings (SSSR count). The first-order valence-electron chi connectivity index (χ1n) is 5.91. The van der Waals surface area contributed by atoms with Crippen LogP contribution in [0.15, 0.2) is 18.2 Å². The third-order valence-electron chi connectivity index (χ3n) is 2.40. The van der Waals surface area contributed by atoms with E-state index in [1.807, 2.05) is 6.92 Å². The summed E-state index contributed by atoms with van der Waals surface area (Å²) in [7, 11) is 0. The van der Waals surface area contributed by atoms with E-state index in [-0.39, 0.29) is 24.7 Å². The number of carbonyl (C=O) groups is 1. The van der Waals surface area contributed by atoms with Gasteiger partial charge in [0.25, 0.3) is 0 Å². The Bertz CT molecular complexity index is 407. The van der Waals surface area contributed by atoms with Gasteiger partial charge in [-0.15, -0.1) is 0 Å². The molecule has 0 saturated heterocycles. The molecule has 2 N–H and O–H groups in total. The highest BCUT2D eigenvalue weighted by molar-refractivity contribution is 5.75. The summed E-state index contributed by atoms with van der Waals surface area (Å²) in [4.78, 5) is 11.1. The van der Waals surface area contributed by atoms with E-state index in [9.17, 15) is 14.3 Å². The molecular formula is C13H18FNO3. The molecule has 0 aliphatic heterocycles. The Morgan fingerprint density at radius 2 is 2.28 bits per heavy atom. The van der Waals surface area contributed by atoms with E-state index >= 15 is 0 Å². The van der Waals surface area contributed by atoms with Crippen molar-refractivity contribution in [3.05, 3.63) is 29.6 Å². The zero-order valence-corrected chi connectivity index (χ0v) is 10.6. The quantitative estimate of drug-likeness (QED) is 0.814. The fourth-order valence-corrected chi connectivity index (χ4v) is 1.43. The number of aliphatic hydroxyl groups excluding tert-OH is 1. The van der Waals surface area contributed by atoms with Crippen LogP contribution in [-0.4, -0.2) is 24.2 Å². The van der Waals surface area contributed by atoms with E-state index in [2.05, 4.69) is 5.32 Å². The lowest BCUT2D eigenvalue weighted by atomic mass is 10.1. The zero-order chi connectivity index (χ0) is 13.5. The van der Waals surface area contributed by atoms with E-state index in [1.54, 1.807) is 13.0 Å². The van der Waals surface area contributed by atoms with Crippen molar-refractivity contribution in [3.8, 4) is 5.75 Å². The Morgan fingerprint density at radius 1 is 1.56 bits per heavy atom. The molecule has 0 aromatic heterocycles. The van der Waals surface area contributed by atoms with Crippen LogP contribution >= 0.6 is 0 Å². The molecule has 0 heterocycles. The van der Waals surface area contributed by atoms with Crippen molar-refractivity contribution >= 4 is 5.91 Å². The lowest BCUT2D eigenvalue weighted by Gasteiger charge is -2.10. The highest BCUT2D eigenvalue weighted by atomic mass is 19.1. The van der Waals surface area contributed by atoms with E-state index in [4.69, 9.17) is 4.74 Å². The summed E-state index contributed by atoms with van der Waals surface area (Å²) in [6, 6.07) is 4.27. The third kappa shape index (κ3) is 4.33. The number of hydrogen-bond acceptors (Lipinski definition) is 3. The molecule has 0 saturated carbocycles. The van der Waals surface area contributed by atoms with Gasteiger partial charge in [0.2, 0.25) is 5.91 Å². The van der Waals surface area contributed by atoms with Crippen LogP contribution in [0.4, 0.5) is 4.39 Å². The maximum absolute atomic E-state index is 13.5. The van der Waals surface area contributed by atoms with Crippen LogP contribution in [0.5, 0.6) is 5.75 Å². The Kier molecular flexibility index (Phi) is 5.58. The topological polar surface area (TPSA) is 58.6 Å². The SMILES string of the molecule is CCNC(=O)CCOc1ccc([C@@H](C)O)cc1F. The van der Waals surface area contributed by atoms with Gasteiger partial charge in [0.15, 0.2) is 11.6 Å². The van der Waals surface area contributed by atoms with Crippen molar-refractivity contribution in [1.82, 2.24) is 5.32 Å². The maximum Gasteiger partial charge on any atom is 0.223 e. The molecular weight excluding hydrogens is 237 g/mol. The molecule has 1 atom stereocenters. The van der Waals surface area contributed by atoms with Gasteiger partial charge < -0.3 is 15.2 Å². The standard InChI is InChI=1S/C13H18FNO3/c1-3-15-13(17)6-7-18-12-5-4-10(9(2)16)8-11(12)14/h4-5,8-9,16H,3,6-7H2,1-2H3,(H,15,17)/t9-/m1/s1. The first-order chi connectivity index (χ1) is 8.54. The van der Waals surface area contributed by atoms with Crippen LogP contribution in [0.25, 0.3) is 0 Å². The predicted octanol–water partition coefficient (Wildman–Crippen LogP) is 1.78. The van der Waals surface area contributed by atoms with E-state index in [1.165, 1.54) is 12.1 Å². The number of aliphatic hydroxyl groups is 1. The first-order valence-corrected chi connectivity index (χ1v) is 5.91. The van der Waals surface area contributed by atoms with E-state index in [0.29, 0.717) is 12.1 Å². The molecule has 1 aromatic carbocycles. The van der Waals surface area contributed by atoms with Crippen LogP contribution in [-0.2, 0) is 4.79 Å². The number of amides is 1. The summed E-state index contributed by atoms with van der Waals surface area (Å²) >= 11 is 0. The summed E-state index contributed by atoms with van der Waals surface area (Å²) in [5.41, 5.74) is 0.489. The van der Waals surface area contributed by atoms with Gasteiger partial charge in [0.1, 0.15) is 0 Å². The molecule has 100 valence electrons. The van der Waals surface area contributed by atoms with Crippen molar-refractivity contribution in [2.45, 2.75) is 26.4 Å². The number of hydrogen-bond donors (Lipinski definition) is 2. The molecule has 0 aliphatic rings. The van der Waals surface area contributed by atoms with Crippen molar-refractivity contribution in [2.24, 2.45) is 0 Å². The van der Waals surface area contributed by atoms with Gasteiger partial charge in [-0.05, 0) is 31.5 Å². The Morgan fingerprint density at radius 3 is 2.83 bits per heavy atom. The van der Waals surface area contributed by atoms with Gasteiger partial charge in [-0.25, -0.2) is 4.39 Å². The molecule has 0 fully saturated rings. The van der Waals surface area contributed by atoms with Crippen molar-refractivity contribution in [2.75, 3.05) is 13.2 Å². The molecule has 0 aliphatic carbocycles. The second-order valence-corrected chi connectivity index (χ2v) is 3.92. The third-order valence-corrected chi connectivity index (χ3v) is 2.40. The summed E-state index contributed by atoms with van der Waals surface area (Å²) in [6.07, 6.45) is -0.533. The molecule has 4 nitrogen and oxygen atoms in total. The largest absolute Gasteiger partial charge is 0.490 e. The molecule has 0 spiro atoms. The normalized spacial score (nSPS) is 12.0. The molecule has 1 aromatic rings. The lowest BCUT2D eigenvalue weighted by Crippen LogP contribution is -2.24. The van der Waals surface area contributed by atoms with Crippen molar-refractivity contribution in [1.29, 1.82) is 0 Å². The Labute approximate surface area is 106 Å². The second kappa shape index (κ2) is 6.96. The number of rotatable bonds is 6. The van der Waals surface area contributed by atoms with Gasteiger partial charge in [0, 0.05) is 6.54 Å². The second-order valence-electron chi connectivity index (χ2n) is 3.92. The molecule has 0 radical (unpaired) electrons. The Hall–Kier alpha value is -1.62. The van der Waals surface area contributed by atoms with E-state index < -0.39 is 11.9 Å². The molecule has 5 heteroatoms. The fourth-order valence-electron chi connectivity index (χ4n) is 1.43. The first kappa shape index (κ1) is 14.4. The minimum Gasteiger partial charge on any atom is -0.490 e. The molecule has 0 unspecified atom stereocenters. The number of benzene rings is 1. The van der Waals surface area contributed by atoms with Crippen molar-refractivity contribution < 1.29 is 19.0 Å². The van der Waals surface area contributed by atoms with Crippen LogP contribution in [0.1, 0.15) is 31.9 Å². The average Bonchev–Trinajstić information content (AvgIpc) is 2.31. The van der Waals surface area contributed by atoms with Crippen LogP contribution in [0.2, 0.25) is 0 Å². The number of halogens is 1. The number of ether oxygens (including phenoxy) is 1. The highest BCUT2D eigenvalue weighted by Gasteiger charge is 2.08. The Balaban J connectivity index is 2.50. The number of nitrogens with one attached hydrogen (secondary N) is 1. The predicted molar refractivity (Wildman–Crippen MR) is 65.8 cm³/mol. The zero-order valence-electron chi connectivity index (χ0n) is 10.6. The number of carbonyl (C=O) groups excluding carboxylic acids is 1. The van der Waals surface area contributed by atoms with Crippen molar-refractivity contribution in [3.63, 3.8) is 0 Å². The monoisotopic (exact) mass is 255 g/mol. The van der Waals surface area contributed by atoms with Gasteiger partial charge in [-0.1, -0.05) is 6.07 Å². The minimum absolute atomic E-state index is 0.0868. The van der Waals surface area contributed by atoms with Crippen LogP contribution in [0, 0.1) is 5.82 Å². The van der Waals surface area contributed by atoms with Crippen LogP contribution in [0.3, 0.4) is 0 Å². The summed E-state index contributed by atoms with van der Waals surface area (Å²) < 4.78 is 18.7. The molecule has 0 bridgehead atoms. The molecule has 1 amide bonds. The van der Waals surface area contributed by atoms with Crippen LogP contribution < -0.4 is 10.1 Å². The van der Waals surface area contributed by atoms with E-state index in [0.717, 1.165) is 0 Å². The smallest absolute Gasteiger partial charge is 0.223 e. The highest BCUT2D eigenvalue weighted by Crippen LogP contribution is 2.21. The minimum atomic E-state index is -0.719. The summed E-state index contributed by atoms with van der Waals surface area (Å²) in [5, 5.41) is 11.9. The van der Waals surface area contributed by atoms with Gasteiger partial charge >= 0.3 is 0 Å². The summed E-state index contributed by atoms with van der Waals surface area (Å²) in [6.45, 7) is 4.07. The van der Waals surface area contributed by atoms with Gasteiger partial charge in [0.05, 0.1) is 19.1 Å². The van der Waals surface area contributed by atoms with Gasteiger partial charge in [-0.3, -0.25) is 4.79 Å².